The summed E-state index contributed by atoms with van der Waals surface area (Å²) in [5, 5.41) is 11.4. The first-order valence-electron chi connectivity index (χ1n) is 6.28. The minimum Gasteiger partial charge on any atom is -0.424 e. The van der Waals surface area contributed by atoms with Gasteiger partial charge in [0.2, 0.25) is 11.8 Å². The SMILES string of the molecule is CC(C)NCc1nnc(CC2CCCC2)o1. The first-order chi connectivity index (χ1) is 7.74. The van der Waals surface area contributed by atoms with Crippen molar-refractivity contribution in [3.63, 3.8) is 0 Å². The molecule has 0 bridgehead atoms. The van der Waals surface area contributed by atoms with E-state index in [2.05, 4.69) is 29.4 Å². The van der Waals surface area contributed by atoms with Crippen molar-refractivity contribution in [1.82, 2.24) is 15.5 Å². The Morgan fingerprint density at radius 3 is 2.62 bits per heavy atom. The summed E-state index contributed by atoms with van der Waals surface area (Å²) < 4.78 is 5.61. The van der Waals surface area contributed by atoms with E-state index in [1.54, 1.807) is 0 Å². The van der Waals surface area contributed by atoms with Crippen molar-refractivity contribution in [2.75, 3.05) is 0 Å². The fourth-order valence-electron chi connectivity index (χ4n) is 2.20. The molecular formula is C12H21N3O. The van der Waals surface area contributed by atoms with Crippen LogP contribution in [0.1, 0.15) is 51.3 Å². The first kappa shape index (κ1) is 11.6. The molecule has 0 aliphatic heterocycles. The second kappa shape index (κ2) is 5.43. The van der Waals surface area contributed by atoms with Crippen molar-refractivity contribution >= 4 is 0 Å². The Morgan fingerprint density at radius 1 is 1.25 bits per heavy atom. The lowest BCUT2D eigenvalue weighted by Crippen LogP contribution is -2.21. The van der Waals surface area contributed by atoms with Gasteiger partial charge in [-0.2, -0.15) is 0 Å². The van der Waals surface area contributed by atoms with Gasteiger partial charge in [-0.1, -0.05) is 26.7 Å². The van der Waals surface area contributed by atoms with E-state index in [4.69, 9.17) is 4.42 Å². The molecule has 2 rings (SSSR count). The first-order valence-corrected chi connectivity index (χ1v) is 6.28. The summed E-state index contributed by atoms with van der Waals surface area (Å²) in [6.07, 6.45) is 6.33. The van der Waals surface area contributed by atoms with Gasteiger partial charge in [-0.3, -0.25) is 0 Å². The smallest absolute Gasteiger partial charge is 0.230 e. The Bertz CT molecular complexity index is 316. The van der Waals surface area contributed by atoms with Gasteiger partial charge < -0.3 is 9.73 Å². The van der Waals surface area contributed by atoms with Crippen LogP contribution in [0.5, 0.6) is 0 Å². The van der Waals surface area contributed by atoms with E-state index >= 15 is 0 Å². The maximum atomic E-state index is 5.61. The van der Waals surface area contributed by atoms with E-state index < -0.39 is 0 Å². The van der Waals surface area contributed by atoms with Crippen molar-refractivity contribution < 1.29 is 4.42 Å². The highest BCUT2D eigenvalue weighted by Gasteiger charge is 2.18. The molecule has 90 valence electrons. The third-order valence-electron chi connectivity index (χ3n) is 3.11. The lowest BCUT2D eigenvalue weighted by molar-refractivity contribution is 0.392. The van der Waals surface area contributed by atoms with Crippen LogP contribution < -0.4 is 5.32 Å². The van der Waals surface area contributed by atoms with Crippen molar-refractivity contribution in [1.29, 1.82) is 0 Å². The van der Waals surface area contributed by atoms with E-state index in [1.165, 1.54) is 25.7 Å². The molecular weight excluding hydrogens is 202 g/mol. The molecule has 4 nitrogen and oxygen atoms in total. The summed E-state index contributed by atoms with van der Waals surface area (Å²) >= 11 is 0. The molecule has 0 unspecified atom stereocenters. The number of aromatic nitrogens is 2. The minimum atomic E-state index is 0.449. The van der Waals surface area contributed by atoms with Gasteiger partial charge in [0.25, 0.3) is 0 Å². The molecule has 0 spiro atoms. The monoisotopic (exact) mass is 223 g/mol. The fraction of sp³-hybridized carbons (Fsp3) is 0.833. The highest BCUT2D eigenvalue weighted by Crippen LogP contribution is 2.27. The van der Waals surface area contributed by atoms with Gasteiger partial charge in [0, 0.05) is 12.5 Å². The molecule has 1 heterocycles. The highest BCUT2D eigenvalue weighted by atomic mass is 16.4. The van der Waals surface area contributed by atoms with Crippen LogP contribution >= 0.6 is 0 Å². The molecule has 0 radical (unpaired) electrons. The zero-order chi connectivity index (χ0) is 11.4. The largest absolute Gasteiger partial charge is 0.424 e. The van der Waals surface area contributed by atoms with Gasteiger partial charge in [0.05, 0.1) is 6.54 Å². The summed E-state index contributed by atoms with van der Waals surface area (Å²) in [7, 11) is 0. The van der Waals surface area contributed by atoms with Crippen molar-refractivity contribution in [3.8, 4) is 0 Å². The van der Waals surface area contributed by atoms with Crippen LogP contribution in [0.2, 0.25) is 0 Å². The van der Waals surface area contributed by atoms with Crippen molar-refractivity contribution in [2.24, 2.45) is 5.92 Å². The second-order valence-corrected chi connectivity index (χ2v) is 4.98. The van der Waals surface area contributed by atoms with Gasteiger partial charge >= 0.3 is 0 Å². The Labute approximate surface area is 96.8 Å². The number of hydrogen-bond donors (Lipinski definition) is 1. The molecule has 1 saturated carbocycles. The van der Waals surface area contributed by atoms with Crippen LogP contribution in [0, 0.1) is 5.92 Å². The van der Waals surface area contributed by atoms with Crippen molar-refractivity contribution in [3.05, 3.63) is 11.8 Å². The van der Waals surface area contributed by atoms with Crippen LogP contribution in [0.25, 0.3) is 0 Å². The zero-order valence-corrected chi connectivity index (χ0v) is 10.2. The number of hydrogen-bond acceptors (Lipinski definition) is 4. The minimum absolute atomic E-state index is 0.449. The molecule has 1 aromatic heterocycles. The van der Waals surface area contributed by atoms with Gasteiger partial charge in [-0.15, -0.1) is 10.2 Å². The standard InChI is InChI=1S/C12H21N3O/c1-9(2)13-8-12-15-14-11(16-12)7-10-5-3-4-6-10/h9-10,13H,3-8H2,1-2H3. The van der Waals surface area contributed by atoms with E-state index in [0.29, 0.717) is 18.5 Å². The summed E-state index contributed by atoms with van der Waals surface area (Å²) in [5.41, 5.74) is 0. The van der Waals surface area contributed by atoms with Crippen molar-refractivity contribution in [2.45, 2.75) is 58.5 Å². The number of nitrogens with one attached hydrogen (secondary N) is 1. The van der Waals surface area contributed by atoms with E-state index in [1.807, 2.05) is 0 Å². The molecule has 0 amide bonds. The molecule has 0 atom stereocenters. The Balaban J connectivity index is 1.81. The van der Waals surface area contributed by atoms with E-state index in [-0.39, 0.29) is 0 Å². The molecule has 0 saturated heterocycles. The van der Waals surface area contributed by atoms with E-state index in [0.717, 1.165) is 18.2 Å². The summed E-state index contributed by atoms with van der Waals surface area (Å²) in [4.78, 5) is 0. The molecule has 4 heteroatoms. The lowest BCUT2D eigenvalue weighted by Gasteiger charge is -2.04. The van der Waals surface area contributed by atoms with Crippen LogP contribution in [-0.4, -0.2) is 16.2 Å². The second-order valence-electron chi connectivity index (χ2n) is 4.98. The van der Waals surface area contributed by atoms with Crippen LogP contribution in [-0.2, 0) is 13.0 Å². The molecule has 1 N–H and O–H groups in total. The van der Waals surface area contributed by atoms with Gasteiger partial charge in [0.1, 0.15) is 0 Å². The molecule has 1 aliphatic carbocycles. The van der Waals surface area contributed by atoms with Crippen LogP contribution in [0.4, 0.5) is 0 Å². The third kappa shape index (κ3) is 3.30. The van der Waals surface area contributed by atoms with Gasteiger partial charge in [0.15, 0.2) is 0 Å². The molecule has 1 aromatic rings. The van der Waals surface area contributed by atoms with Crippen LogP contribution in [0.15, 0.2) is 4.42 Å². The number of nitrogens with zero attached hydrogens (tertiary/aromatic N) is 2. The predicted octanol–water partition coefficient (Wildman–Crippen LogP) is 2.30. The topological polar surface area (TPSA) is 51.0 Å². The predicted molar refractivity (Wildman–Crippen MR) is 61.9 cm³/mol. The highest BCUT2D eigenvalue weighted by molar-refractivity contribution is 4.85. The fourth-order valence-corrected chi connectivity index (χ4v) is 2.20. The zero-order valence-electron chi connectivity index (χ0n) is 10.2. The molecule has 1 fully saturated rings. The molecule has 1 aliphatic rings. The summed E-state index contributed by atoms with van der Waals surface area (Å²) in [6, 6.07) is 0.449. The maximum absolute atomic E-state index is 5.61. The Morgan fingerprint density at radius 2 is 1.94 bits per heavy atom. The maximum Gasteiger partial charge on any atom is 0.230 e. The Hall–Kier alpha value is -0.900. The van der Waals surface area contributed by atoms with E-state index in [9.17, 15) is 0 Å². The van der Waals surface area contributed by atoms with Gasteiger partial charge in [-0.05, 0) is 18.8 Å². The normalized spacial score (nSPS) is 17.4. The molecule has 0 aromatic carbocycles. The average Bonchev–Trinajstić information content (AvgIpc) is 2.87. The third-order valence-corrected chi connectivity index (χ3v) is 3.11. The average molecular weight is 223 g/mol. The summed E-state index contributed by atoms with van der Waals surface area (Å²) in [5.74, 6) is 2.29. The van der Waals surface area contributed by atoms with Gasteiger partial charge in [-0.25, -0.2) is 0 Å². The Kier molecular flexibility index (Phi) is 3.93. The quantitative estimate of drug-likeness (QED) is 0.832. The number of rotatable bonds is 5. The summed E-state index contributed by atoms with van der Waals surface area (Å²) in [6.45, 7) is 4.89. The lowest BCUT2D eigenvalue weighted by atomic mass is 10.0. The van der Waals surface area contributed by atoms with Crippen LogP contribution in [0.3, 0.4) is 0 Å². The molecule has 16 heavy (non-hydrogen) atoms.